The van der Waals surface area contributed by atoms with E-state index in [-0.39, 0.29) is 55.6 Å². The molecule has 2 N–H and O–H groups in total. The van der Waals surface area contributed by atoms with Crippen LogP contribution in [0.4, 0.5) is 5.69 Å². The number of allylic oxidation sites excluding steroid dienone is 1. The van der Waals surface area contributed by atoms with E-state index in [4.69, 9.17) is 24.2 Å². The molecular weight excluding hydrogens is 741 g/mol. The van der Waals surface area contributed by atoms with Crippen LogP contribution in [-0.4, -0.2) is 107 Å². The van der Waals surface area contributed by atoms with Gasteiger partial charge in [0.15, 0.2) is 0 Å². The van der Waals surface area contributed by atoms with E-state index in [1.54, 1.807) is 36.2 Å². The van der Waals surface area contributed by atoms with Crippen LogP contribution in [0.1, 0.15) is 82.8 Å². The lowest BCUT2D eigenvalue weighted by Crippen LogP contribution is -2.69. The second kappa shape index (κ2) is 19.0. The van der Waals surface area contributed by atoms with Crippen LogP contribution in [0.15, 0.2) is 78.0 Å². The van der Waals surface area contributed by atoms with Crippen molar-refractivity contribution in [3.8, 4) is 11.5 Å². The summed E-state index contributed by atoms with van der Waals surface area (Å²) < 4.78 is 20.5. The van der Waals surface area contributed by atoms with Gasteiger partial charge in [-0.25, -0.2) is 0 Å². The number of likely N-dealkylation sites (N-methyl/N-ethyl adjacent to an activating group) is 1. The van der Waals surface area contributed by atoms with Crippen molar-refractivity contribution in [2.45, 2.75) is 89.1 Å². The SMILES string of the molecule is C=CCO[C@@]12Oc3ccc(OCCN4CC4)cc3[C@H]3[C@H](CCCCO)[C@@H](CCCCO)C=C(C(=NOC(C)(C)C)C[C@@H]1N(C)C(=O)C=Cc1ccc([N+](=O)[O-])cc1)[C@H]32. The van der Waals surface area contributed by atoms with Gasteiger partial charge < -0.3 is 34.2 Å². The van der Waals surface area contributed by atoms with Gasteiger partial charge >= 0.3 is 0 Å². The molecule has 0 bridgehead atoms. The number of hydrogen-bond acceptors (Lipinski definition) is 11. The zero-order valence-electron chi connectivity index (χ0n) is 34.4. The first-order valence-electron chi connectivity index (χ1n) is 20.7. The molecule has 58 heavy (non-hydrogen) atoms. The molecule has 1 amide bonds. The number of unbranched alkanes of at least 4 members (excludes halogenated alkanes) is 2. The Labute approximate surface area is 342 Å². The number of carbonyl (C=O) groups excluding carboxylic acids is 1. The monoisotopic (exact) mass is 800 g/mol. The normalized spacial score (nSPS) is 25.7. The third-order valence-electron chi connectivity index (χ3n) is 11.6. The Morgan fingerprint density at radius 3 is 2.48 bits per heavy atom. The number of non-ortho nitro benzene ring substituents is 1. The fourth-order valence-electron chi connectivity index (χ4n) is 8.74. The van der Waals surface area contributed by atoms with Crippen LogP contribution in [0.5, 0.6) is 11.5 Å². The Hall–Kier alpha value is -4.56. The first-order chi connectivity index (χ1) is 27.9. The van der Waals surface area contributed by atoms with Crippen LogP contribution in [0.25, 0.3) is 6.08 Å². The molecule has 2 aromatic carbocycles. The number of hydrogen-bond donors (Lipinski definition) is 2. The van der Waals surface area contributed by atoms with Crippen molar-refractivity contribution in [3.63, 3.8) is 0 Å². The Bertz CT molecular complexity index is 1850. The number of ether oxygens (including phenoxy) is 3. The summed E-state index contributed by atoms with van der Waals surface area (Å²) in [6.45, 7) is 13.8. The minimum atomic E-state index is -1.38. The Kier molecular flexibility index (Phi) is 14.1. The van der Waals surface area contributed by atoms with Gasteiger partial charge in [-0.05, 0) is 106 Å². The average Bonchev–Trinajstić information content (AvgIpc) is 4.04. The minimum Gasteiger partial charge on any atom is -0.492 e. The zero-order valence-corrected chi connectivity index (χ0v) is 34.4. The van der Waals surface area contributed by atoms with Crippen molar-refractivity contribution in [1.82, 2.24) is 9.80 Å². The highest BCUT2D eigenvalue weighted by molar-refractivity contribution is 6.03. The fraction of sp³-hybridized carbons (Fsp3) is 0.556. The number of rotatable bonds is 20. The summed E-state index contributed by atoms with van der Waals surface area (Å²) in [4.78, 5) is 35.2. The van der Waals surface area contributed by atoms with E-state index in [0.717, 1.165) is 62.2 Å². The maximum atomic E-state index is 14.3. The van der Waals surface area contributed by atoms with Gasteiger partial charge in [-0.1, -0.05) is 30.1 Å². The molecule has 2 fully saturated rings. The van der Waals surface area contributed by atoms with Crippen LogP contribution in [0, 0.1) is 27.9 Å². The van der Waals surface area contributed by atoms with Crippen molar-refractivity contribution in [2.24, 2.45) is 22.9 Å². The Morgan fingerprint density at radius 1 is 1.10 bits per heavy atom. The van der Waals surface area contributed by atoms with Gasteiger partial charge in [0.2, 0.25) is 11.7 Å². The summed E-state index contributed by atoms with van der Waals surface area (Å²) in [6.07, 6.45) is 12.1. The number of aliphatic hydroxyl groups excluding tert-OH is 2. The van der Waals surface area contributed by atoms with Crippen LogP contribution in [0.2, 0.25) is 0 Å². The van der Waals surface area contributed by atoms with E-state index in [1.165, 1.54) is 18.2 Å². The van der Waals surface area contributed by atoms with E-state index in [1.807, 2.05) is 32.9 Å². The Balaban J connectivity index is 1.50. The number of nitrogens with zero attached hydrogens (tertiary/aromatic N) is 4. The van der Waals surface area contributed by atoms with E-state index < -0.39 is 28.3 Å². The van der Waals surface area contributed by atoms with E-state index >= 15 is 0 Å². The van der Waals surface area contributed by atoms with Crippen molar-refractivity contribution < 1.29 is 39.0 Å². The predicted octanol–water partition coefficient (Wildman–Crippen LogP) is 6.89. The highest BCUT2D eigenvalue weighted by Gasteiger charge is 2.65. The quantitative estimate of drug-likeness (QED) is 0.0361. The molecule has 0 aromatic heterocycles. The lowest BCUT2D eigenvalue weighted by atomic mass is 9.55. The molecule has 1 saturated carbocycles. The molecule has 1 saturated heterocycles. The number of amides is 1. The van der Waals surface area contributed by atoms with E-state index in [0.29, 0.717) is 36.5 Å². The lowest BCUT2D eigenvalue weighted by Gasteiger charge is -2.59. The summed E-state index contributed by atoms with van der Waals surface area (Å²) in [5.41, 5.74) is 2.69. The fourth-order valence-corrected chi connectivity index (χ4v) is 8.74. The largest absolute Gasteiger partial charge is 0.492 e. The number of oxime groups is 1. The molecule has 2 aromatic rings. The van der Waals surface area contributed by atoms with Crippen molar-refractivity contribution in [2.75, 3.05) is 53.1 Å². The first-order valence-corrected chi connectivity index (χ1v) is 20.7. The molecule has 0 radical (unpaired) electrons. The van der Waals surface area contributed by atoms with Gasteiger partial charge in [0.1, 0.15) is 29.7 Å². The second-order valence-corrected chi connectivity index (χ2v) is 16.8. The molecule has 2 aliphatic heterocycles. The predicted molar refractivity (Wildman–Crippen MR) is 223 cm³/mol. The lowest BCUT2D eigenvalue weighted by molar-refractivity contribution is -0.384. The van der Waals surface area contributed by atoms with Crippen LogP contribution in [0.3, 0.4) is 0 Å². The second-order valence-electron chi connectivity index (χ2n) is 16.8. The van der Waals surface area contributed by atoms with Gasteiger partial charge in [0, 0.05) is 76.0 Å². The molecule has 2 heterocycles. The van der Waals surface area contributed by atoms with Gasteiger partial charge in [-0.15, -0.1) is 6.58 Å². The third-order valence-corrected chi connectivity index (χ3v) is 11.6. The van der Waals surface area contributed by atoms with Crippen molar-refractivity contribution >= 4 is 23.4 Å². The summed E-state index contributed by atoms with van der Waals surface area (Å²) in [5, 5.41) is 35.8. The van der Waals surface area contributed by atoms with Gasteiger partial charge in [-0.3, -0.25) is 19.8 Å². The number of nitro groups is 1. The average molecular weight is 801 g/mol. The number of aliphatic hydroxyl groups is 2. The number of benzene rings is 2. The van der Waals surface area contributed by atoms with Crippen LogP contribution in [-0.2, 0) is 14.4 Å². The Morgan fingerprint density at radius 2 is 1.83 bits per heavy atom. The third kappa shape index (κ3) is 9.99. The molecule has 4 aliphatic rings. The van der Waals surface area contributed by atoms with E-state index in [2.05, 4.69) is 23.6 Å². The maximum Gasteiger partial charge on any atom is 0.269 e. The van der Waals surface area contributed by atoms with Crippen molar-refractivity contribution in [3.05, 3.63) is 94.1 Å². The maximum absolute atomic E-state index is 14.3. The van der Waals surface area contributed by atoms with Gasteiger partial charge in [0.05, 0.1) is 23.2 Å². The summed E-state index contributed by atoms with van der Waals surface area (Å²) in [6, 6.07) is 11.3. The van der Waals surface area contributed by atoms with Gasteiger partial charge in [0.25, 0.3) is 5.69 Å². The molecule has 314 valence electrons. The summed E-state index contributed by atoms with van der Waals surface area (Å²) in [5.74, 6) is -0.676. The smallest absolute Gasteiger partial charge is 0.269 e. The first kappa shape index (κ1) is 43.0. The standard InChI is InChI=1S/C45H60N4O9/c1-6-26-56-45-40(47(5)41(52)20-15-31-13-16-33(17-14-31)49(53)54)30-38(46-58-44(2,3)4)36-28-32(11-7-9-24-50)35(12-8-10-25-51)42(43(36)45)37-29-34(18-19-39(37)57-45)55-27-23-48-21-22-48/h6,13-20,28-29,32,35,40,42-43,50-51H,1,7-12,21-27,30H2,2-5H3/t32-,35+,40-,42+,43+,45+/m0/s1. The molecule has 13 heteroatoms. The molecule has 2 aliphatic carbocycles. The number of carbonyl (C=O) groups is 1. The number of nitro benzene ring substituents is 1. The molecule has 0 spiro atoms. The van der Waals surface area contributed by atoms with Crippen molar-refractivity contribution in [1.29, 1.82) is 0 Å². The van der Waals surface area contributed by atoms with Gasteiger partial charge in [-0.2, -0.15) is 0 Å². The molecule has 6 rings (SSSR count). The minimum absolute atomic E-state index is 0.0331. The van der Waals surface area contributed by atoms with Crippen LogP contribution < -0.4 is 9.47 Å². The molecule has 13 nitrogen and oxygen atoms in total. The summed E-state index contributed by atoms with van der Waals surface area (Å²) >= 11 is 0. The van der Waals surface area contributed by atoms with Crippen LogP contribution >= 0.6 is 0 Å². The molecule has 0 unspecified atom stereocenters. The molecule has 6 atom stereocenters. The van der Waals surface area contributed by atoms with E-state index in [9.17, 15) is 25.1 Å². The summed E-state index contributed by atoms with van der Waals surface area (Å²) in [7, 11) is 1.74. The topological polar surface area (TPSA) is 156 Å². The zero-order chi connectivity index (χ0) is 41.5. The number of fused-ring (bicyclic) bond motifs is 2. The highest BCUT2D eigenvalue weighted by atomic mass is 16.7. The highest BCUT2D eigenvalue weighted by Crippen LogP contribution is 2.61. The molecular formula is C45H60N4O9.